The minimum absolute atomic E-state index is 0.456. The molecule has 3 aromatic rings. The van der Waals surface area contributed by atoms with Crippen LogP contribution in [0.25, 0.3) is 10.9 Å². The minimum atomic E-state index is 0.456. The van der Waals surface area contributed by atoms with E-state index >= 15 is 0 Å². The van der Waals surface area contributed by atoms with Crippen LogP contribution in [-0.4, -0.2) is 19.7 Å². The number of nitrogens with two attached hydrogens (primary N) is 1. The fraction of sp³-hybridized carbons (Fsp3) is 0.154. The van der Waals surface area contributed by atoms with E-state index in [1.165, 1.54) is 0 Å². The average molecular weight is 271 g/mol. The molecule has 0 aliphatic heterocycles. The number of rotatable bonds is 3. The molecule has 0 aliphatic rings. The average Bonchev–Trinajstić information content (AvgIpc) is 2.85. The number of aryl methyl sites for hydroxylation is 1. The molecule has 0 unspecified atom stereocenters. The van der Waals surface area contributed by atoms with Gasteiger partial charge in [0.15, 0.2) is 5.16 Å². The Hall–Kier alpha value is -1.92. The Kier molecular flexibility index (Phi) is 3.18. The summed E-state index contributed by atoms with van der Waals surface area (Å²) in [4.78, 5) is 9.78. The first kappa shape index (κ1) is 12.1. The molecule has 0 saturated heterocycles. The molecule has 2 heterocycles. The Morgan fingerprint density at radius 2 is 2.11 bits per heavy atom. The van der Waals surface area contributed by atoms with E-state index in [1.807, 2.05) is 31.4 Å². The van der Waals surface area contributed by atoms with Crippen molar-refractivity contribution < 1.29 is 0 Å². The summed E-state index contributed by atoms with van der Waals surface area (Å²) in [6.07, 6.45) is 3.38. The maximum Gasteiger partial charge on any atom is 0.190 e. The highest BCUT2D eigenvalue weighted by molar-refractivity contribution is 7.99. The third-order valence-electron chi connectivity index (χ3n) is 2.88. The van der Waals surface area contributed by atoms with E-state index in [0.29, 0.717) is 6.54 Å². The van der Waals surface area contributed by atoms with Crippen molar-refractivity contribution in [3.05, 3.63) is 42.4 Å². The molecule has 2 aromatic heterocycles. The second-order valence-corrected chi connectivity index (χ2v) is 5.08. The summed E-state index contributed by atoms with van der Waals surface area (Å²) in [5.41, 5.74) is 7.79. The molecule has 5 nitrogen and oxygen atoms in total. The van der Waals surface area contributed by atoms with Gasteiger partial charge in [-0.3, -0.25) is 4.98 Å². The highest BCUT2D eigenvalue weighted by Gasteiger charge is 2.12. The van der Waals surface area contributed by atoms with Crippen molar-refractivity contribution in [1.29, 1.82) is 0 Å². The van der Waals surface area contributed by atoms with Gasteiger partial charge in [-0.05, 0) is 23.4 Å². The molecule has 2 N–H and O–H groups in total. The van der Waals surface area contributed by atoms with E-state index in [2.05, 4.69) is 21.1 Å². The van der Waals surface area contributed by atoms with E-state index in [0.717, 1.165) is 26.5 Å². The van der Waals surface area contributed by atoms with Gasteiger partial charge in [-0.15, -0.1) is 0 Å². The third kappa shape index (κ3) is 2.20. The molecule has 0 saturated carbocycles. The van der Waals surface area contributed by atoms with E-state index in [9.17, 15) is 0 Å². The number of pyridine rings is 1. The smallest absolute Gasteiger partial charge is 0.190 e. The SMILES string of the molecule is Cn1ncnc1Sc1c(CN)cnc2ccccc12. The maximum atomic E-state index is 5.81. The summed E-state index contributed by atoms with van der Waals surface area (Å²) in [6, 6.07) is 8.04. The van der Waals surface area contributed by atoms with Crippen molar-refractivity contribution in [1.82, 2.24) is 19.7 Å². The minimum Gasteiger partial charge on any atom is -0.326 e. The van der Waals surface area contributed by atoms with E-state index in [-0.39, 0.29) is 0 Å². The summed E-state index contributed by atoms with van der Waals surface area (Å²) in [5.74, 6) is 0. The zero-order valence-corrected chi connectivity index (χ0v) is 11.3. The number of hydrogen-bond donors (Lipinski definition) is 1. The molecule has 0 bridgehead atoms. The van der Waals surface area contributed by atoms with Crippen molar-refractivity contribution in [2.75, 3.05) is 0 Å². The zero-order chi connectivity index (χ0) is 13.2. The Labute approximate surface area is 114 Å². The fourth-order valence-electron chi connectivity index (χ4n) is 1.89. The summed E-state index contributed by atoms with van der Waals surface area (Å²) in [6.45, 7) is 0.456. The van der Waals surface area contributed by atoms with E-state index < -0.39 is 0 Å². The molecule has 0 amide bonds. The summed E-state index contributed by atoms with van der Waals surface area (Å²) < 4.78 is 1.75. The van der Waals surface area contributed by atoms with Gasteiger partial charge in [-0.2, -0.15) is 5.10 Å². The van der Waals surface area contributed by atoms with Gasteiger partial charge in [0.2, 0.25) is 0 Å². The molecule has 0 spiro atoms. The van der Waals surface area contributed by atoms with Gasteiger partial charge in [-0.1, -0.05) is 18.2 Å². The van der Waals surface area contributed by atoms with Crippen LogP contribution < -0.4 is 5.73 Å². The lowest BCUT2D eigenvalue weighted by molar-refractivity contribution is 0.685. The molecule has 0 aliphatic carbocycles. The van der Waals surface area contributed by atoms with Gasteiger partial charge in [0.1, 0.15) is 6.33 Å². The van der Waals surface area contributed by atoms with Crippen LogP contribution in [0.3, 0.4) is 0 Å². The molecule has 19 heavy (non-hydrogen) atoms. The summed E-state index contributed by atoms with van der Waals surface area (Å²) in [5, 5.41) is 6.02. The molecule has 0 atom stereocenters. The molecule has 0 fully saturated rings. The van der Waals surface area contributed by atoms with Crippen LogP contribution in [0.1, 0.15) is 5.56 Å². The van der Waals surface area contributed by atoms with Gasteiger partial charge in [0, 0.05) is 30.1 Å². The van der Waals surface area contributed by atoms with Crippen LogP contribution in [0.15, 0.2) is 46.8 Å². The molecule has 0 radical (unpaired) electrons. The third-order valence-corrected chi connectivity index (χ3v) is 4.12. The second-order valence-electron chi connectivity index (χ2n) is 4.10. The molecule has 1 aromatic carbocycles. The van der Waals surface area contributed by atoms with Crippen molar-refractivity contribution in [3.8, 4) is 0 Å². The molecule has 3 rings (SSSR count). The van der Waals surface area contributed by atoms with Crippen molar-refractivity contribution >= 4 is 22.7 Å². The highest BCUT2D eigenvalue weighted by atomic mass is 32.2. The van der Waals surface area contributed by atoms with Crippen LogP contribution in [0.2, 0.25) is 0 Å². The van der Waals surface area contributed by atoms with Gasteiger partial charge in [-0.25, -0.2) is 9.67 Å². The number of para-hydroxylation sites is 1. The van der Waals surface area contributed by atoms with Crippen LogP contribution in [0, 0.1) is 0 Å². The first-order chi connectivity index (χ1) is 9.29. The predicted molar refractivity (Wildman–Crippen MR) is 74.8 cm³/mol. The molecular weight excluding hydrogens is 258 g/mol. The lowest BCUT2D eigenvalue weighted by Gasteiger charge is -2.10. The quantitative estimate of drug-likeness (QED) is 0.788. The standard InChI is InChI=1S/C13H13N5S/c1-18-13(16-8-17-18)19-12-9(6-14)7-15-11-5-3-2-4-10(11)12/h2-5,7-8H,6,14H2,1H3. The number of hydrogen-bond acceptors (Lipinski definition) is 5. The monoisotopic (exact) mass is 271 g/mol. The van der Waals surface area contributed by atoms with Crippen LogP contribution in [-0.2, 0) is 13.6 Å². The predicted octanol–water partition coefficient (Wildman–Crippen LogP) is 1.97. The zero-order valence-electron chi connectivity index (χ0n) is 10.4. The van der Waals surface area contributed by atoms with Gasteiger partial charge >= 0.3 is 0 Å². The largest absolute Gasteiger partial charge is 0.326 e. The van der Waals surface area contributed by atoms with E-state index in [4.69, 9.17) is 5.73 Å². The Morgan fingerprint density at radius 3 is 2.84 bits per heavy atom. The highest BCUT2D eigenvalue weighted by Crippen LogP contribution is 2.34. The van der Waals surface area contributed by atoms with Crippen LogP contribution >= 0.6 is 11.8 Å². The van der Waals surface area contributed by atoms with Crippen LogP contribution in [0.5, 0.6) is 0 Å². The fourth-order valence-corrected chi connectivity index (χ4v) is 2.90. The van der Waals surface area contributed by atoms with Crippen LogP contribution in [0.4, 0.5) is 0 Å². The molecular formula is C13H13N5S. The van der Waals surface area contributed by atoms with E-state index in [1.54, 1.807) is 22.8 Å². The molecule has 6 heteroatoms. The summed E-state index contributed by atoms with van der Waals surface area (Å²) >= 11 is 1.57. The van der Waals surface area contributed by atoms with Gasteiger partial charge < -0.3 is 5.73 Å². The van der Waals surface area contributed by atoms with Crippen molar-refractivity contribution in [3.63, 3.8) is 0 Å². The Bertz CT molecular complexity index is 722. The van der Waals surface area contributed by atoms with Gasteiger partial charge in [0.25, 0.3) is 0 Å². The lowest BCUT2D eigenvalue weighted by Crippen LogP contribution is -2.01. The maximum absolute atomic E-state index is 5.81. The van der Waals surface area contributed by atoms with Crippen molar-refractivity contribution in [2.24, 2.45) is 12.8 Å². The van der Waals surface area contributed by atoms with Crippen molar-refractivity contribution in [2.45, 2.75) is 16.6 Å². The number of benzene rings is 1. The van der Waals surface area contributed by atoms with Gasteiger partial charge in [0.05, 0.1) is 5.52 Å². The number of aromatic nitrogens is 4. The first-order valence-electron chi connectivity index (χ1n) is 5.88. The topological polar surface area (TPSA) is 69.6 Å². The lowest BCUT2D eigenvalue weighted by atomic mass is 10.1. The summed E-state index contributed by atoms with van der Waals surface area (Å²) in [7, 11) is 1.88. The number of nitrogens with zero attached hydrogens (tertiary/aromatic N) is 4. The Balaban J connectivity index is 2.17. The second kappa shape index (κ2) is 4.99. The Morgan fingerprint density at radius 1 is 1.26 bits per heavy atom. The first-order valence-corrected chi connectivity index (χ1v) is 6.70. The normalized spacial score (nSPS) is 11.1. The molecule has 96 valence electrons. The number of fused-ring (bicyclic) bond motifs is 1.